The van der Waals surface area contributed by atoms with Crippen LogP contribution in [0.25, 0.3) is 0 Å². The number of hydrogen-bond donors (Lipinski definition) is 7. The van der Waals surface area contributed by atoms with Gasteiger partial charge in [0.1, 0.15) is 11.8 Å². The van der Waals surface area contributed by atoms with Crippen LogP contribution in [0.3, 0.4) is 0 Å². The average molecular weight is 852 g/mol. The number of ketones is 1. The van der Waals surface area contributed by atoms with Crippen molar-refractivity contribution in [2.75, 3.05) is 19.6 Å². The lowest BCUT2D eigenvalue weighted by atomic mass is 9.89. The van der Waals surface area contributed by atoms with Gasteiger partial charge in [-0.1, -0.05) is 116 Å². The highest BCUT2D eigenvalue weighted by atomic mass is 16.4. The van der Waals surface area contributed by atoms with Crippen LogP contribution in [0.5, 0.6) is 0 Å². The second kappa shape index (κ2) is 40.8. The zero-order chi connectivity index (χ0) is 44.5. The van der Waals surface area contributed by atoms with E-state index in [0.29, 0.717) is 51.6 Å². The van der Waals surface area contributed by atoms with E-state index in [1.165, 1.54) is 116 Å². The highest BCUT2D eigenvalue weighted by molar-refractivity contribution is 5.81. The summed E-state index contributed by atoms with van der Waals surface area (Å²) in [6.45, 7) is 3.42. The van der Waals surface area contributed by atoms with Crippen LogP contribution >= 0.6 is 0 Å². The Bertz CT molecular complexity index is 1150. The molecule has 1 saturated carbocycles. The van der Waals surface area contributed by atoms with Crippen LogP contribution in [0.2, 0.25) is 0 Å². The molecule has 0 radical (unpaired) electrons. The maximum absolute atomic E-state index is 11.9. The van der Waals surface area contributed by atoms with Gasteiger partial charge in [-0.25, -0.2) is 4.79 Å². The van der Waals surface area contributed by atoms with Crippen molar-refractivity contribution in [3.8, 4) is 0 Å². The van der Waals surface area contributed by atoms with Crippen LogP contribution in [0.15, 0.2) is 0 Å². The lowest BCUT2D eigenvalue weighted by molar-refractivity contribution is -0.141. The third-order valence-corrected chi connectivity index (χ3v) is 11.2. The van der Waals surface area contributed by atoms with E-state index in [1.807, 2.05) is 0 Å². The molecule has 0 aromatic rings. The Morgan fingerprint density at radius 1 is 0.567 bits per heavy atom. The first-order chi connectivity index (χ1) is 29.0. The fourth-order valence-electron chi connectivity index (χ4n) is 7.37. The summed E-state index contributed by atoms with van der Waals surface area (Å²) in [5, 5.41) is 28.2. The molecule has 0 heterocycles. The number of carbonyl (C=O) groups is 7. The van der Waals surface area contributed by atoms with E-state index < -0.39 is 24.0 Å². The number of unbranched alkanes of at least 4 members (excludes halogenated alkanes) is 18. The third kappa shape index (κ3) is 38.6. The van der Waals surface area contributed by atoms with Crippen LogP contribution < -0.4 is 27.0 Å². The van der Waals surface area contributed by atoms with Crippen molar-refractivity contribution in [3.63, 3.8) is 0 Å². The van der Waals surface area contributed by atoms with E-state index >= 15 is 0 Å². The largest absolute Gasteiger partial charge is 0.481 e. The minimum atomic E-state index is -1.19. The fourth-order valence-corrected chi connectivity index (χ4v) is 7.37. The standard InChI is InChI=1S/C27H51NO3.C19H34N4O6/c29-26(28-24-25-20-16-15-17-21-25)22-18-13-11-9-7-5-3-1-2-4-6-8-10-12-14-19-23-27(30)31;1-14(25)7-3-2-5-12-22-18(27)15(20)8-4-6-11-21-17(26)10-9-16(19(28)29)23-13-24/h25H,1-24H2,(H,28,29)(H,30,31);13,15-16H,2-12,20H2,1H3,(H,21,26)(H,22,27)(H,23,24)(H,28,29)/t;15?,16-/m.0/s1. The van der Waals surface area contributed by atoms with E-state index in [-0.39, 0.29) is 36.3 Å². The van der Waals surface area contributed by atoms with Crippen LogP contribution in [0.4, 0.5) is 0 Å². The molecule has 0 spiro atoms. The number of carbonyl (C=O) groups excluding carboxylic acids is 5. The molecule has 0 bridgehead atoms. The van der Waals surface area contributed by atoms with Crippen LogP contribution in [-0.2, 0) is 33.6 Å². The van der Waals surface area contributed by atoms with Crippen molar-refractivity contribution >= 4 is 41.9 Å². The zero-order valence-corrected chi connectivity index (χ0v) is 37.4. The molecule has 0 saturated heterocycles. The van der Waals surface area contributed by atoms with Gasteiger partial charge >= 0.3 is 11.9 Å². The first-order valence-corrected chi connectivity index (χ1v) is 23.7. The molecule has 14 nitrogen and oxygen atoms in total. The highest BCUT2D eigenvalue weighted by Gasteiger charge is 2.18. The first kappa shape index (κ1) is 56.5. The van der Waals surface area contributed by atoms with Crippen LogP contribution in [-0.4, -0.2) is 83.8 Å². The summed E-state index contributed by atoms with van der Waals surface area (Å²) in [7, 11) is 0. The second-order valence-corrected chi connectivity index (χ2v) is 16.8. The van der Waals surface area contributed by atoms with Gasteiger partial charge in [0, 0.05) is 45.3 Å². The van der Waals surface area contributed by atoms with Crippen molar-refractivity contribution in [3.05, 3.63) is 0 Å². The predicted octanol–water partition coefficient (Wildman–Crippen LogP) is 7.63. The van der Waals surface area contributed by atoms with Crippen molar-refractivity contribution < 1.29 is 43.8 Å². The molecule has 348 valence electrons. The maximum Gasteiger partial charge on any atom is 0.326 e. The predicted molar refractivity (Wildman–Crippen MR) is 237 cm³/mol. The summed E-state index contributed by atoms with van der Waals surface area (Å²) >= 11 is 0. The van der Waals surface area contributed by atoms with Crippen molar-refractivity contribution in [2.24, 2.45) is 11.7 Å². The number of carboxylic acids is 2. The molecule has 1 aliphatic carbocycles. The van der Waals surface area contributed by atoms with Crippen LogP contribution in [0.1, 0.15) is 212 Å². The average Bonchev–Trinajstić information content (AvgIpc) is 3.22. The monoisotopic (exact) mass is 852 g/mol. The van der Waals surface area contributed by atoms with Gasteiger partial charge in [0.2, 0.25) is 24.1 Å². The molecular weight excluding hydrogens is 767 g/mol. The maximum atomic E-state index is 11.9. The molecule has 8 N–H and O–H groups in total. The molecule has 1 fully saturated rings. The summed E-state index contributed by atoms with van der Waals surface area (Å²) in [6, 6.07) is -1.68. The van der Waals surface area contributed by atoms with Gasteiger partial charge in [0.25, 0.3) is 0 Å². The Labute approximate surface area is 361 Å². The third-order valence-electron chi connectivity index (χ3n) is 11.2. The van der Waals surface area contributed by atoms with E-state index in [9.17, 15) is 33.6 Å². The van der Waals surface area contributed by atoms with Gasteiger partial charge < -0.3 is 42.0 Å². The van der Waals surface area contributed by atoms with Crippen molar-refractivity contribution in [2.45, 2.75) is 224 Å². The summed E-state index contributed by atoms with van der Waals surface area (Å²) in [5.74, 6) is -1.17. The normalized spacial score (nSPS) is 13.6. The highest BCUT2D eigenvalue weighted by Crippen LogP contribution is 2.23. The quantitative estimate of drug-likeness (QED) is 0.0236. The number of amides is 4. The number of aliphatic carboxylic acids is 2. The first-order valence-electron chi connectivity index (χ1n) is 23.7. The van der Waals surface area contributed by atoms with Crippen molar-refractivity contribution in [1.82, 2.24) is 21.3 Å². The Morgan fingerprint density at radius 3 is 1.55 bits per heavy atom. The molecule has 60 heavy (non-hydrogen) atoms. The van der Waals surface area contributed by atoms with E-state index in [0.717, 1.165) is 57.4 Å². The molecule has 1 aliphatic rings. The molecule has 4 amide bonds. The summed E-state index contributed by atoms with van der Waals surface area (Å²) in [6.07, 6.45) is 33.0. The Balaban J connectivity index is 0.00000116. The molecule has 2 atom stereocenters. The molecule has 0 aromatic heterocycles. The van der Waals surface area contributed by atoms with Gasteiger partial charge in [-0.2, -0.15) is 0 Å². The number of Topliss-reactive ketones (excluding diaryl/α,β-unsaturated/α-hetero) is 1. The Hall–Kier alpha value is -3.55. The van der Waals surface area contributed by atoms with E-state index in [1.54, 1.807) is 6.92 Å². The number of nitrogens with two attached hydrogens (primary N) is 1. The minimum absolute atomic E-state index is 0.00779. The Kier molecular flexibility index (Phi) is 38.4. The SMILES string of the molecule is CC(=O)CCCCCNC(=O)C(N)CCCCNC(=O)CC[C@H](NC=O)C(=O)O.O=C(O)CCCCCCCCCCCCCCCCCCC(=O)NCC1CCCCC1. The minimum Gasteiger partial charge on any atom is -0.481 e. The fraction of sp³-hybridized carbons (Fsp3) is 0.848. The van der Waals surface area contributed by atoms with E-state index in [4.69, 9.17) is 15.9 Å². The van der Waals surface area contributed by atoms with Gasteiger partial charge in [-0.15, -0.1) is 0 Å². The Morgan fingerprint density at radius 2 is 1.03 bits per heavy atom. The lowest BCUT2D eigenvalue weighted by Crippen LogP contribution is -2.41. The number of carboxylic acid groups (broad SMARTS) is 2. The number of nitrogens with one attached hydrogen (secondary N) is 4. The summed E-state index contributed by atoms with van der Waals surface area (Å²) in [4.78, 5) is 77.9. The second-order valence-electron chi connectivity index (χ2n) is 16.8. The van der Waals surface area contributed by atoms with Crippen molar-refractivity contribution in [1.29, 1.82) is 0 Å². The topological polar surface area (TPSA) is 234 Å². The molecule has 14 heteroatoms. The number of rotatable bonds is 39. The van der Waals surface area contributed by atoms with Gasteiger partial charge in [-0.3, -0.25) is 24.0 Å². The summed E-state index contributed by atoms with van der Waals surface area (Å²) in [5.41, 5.74) is 5.84. The lowest BCUT2D eigenvalue weighted by Gasteiger charge is -2.21. The van der Waals surface area contributed by atoms with Gasteiger partial charge in [0.05, 0.1) is 6.04 Å². The molecular formula is C46H85N5O9. The molecule has 1 unspecified atom stereocenters. The zero-order valence-electron chi connectivity index (χ0n) is 37.4. The van der Waals surface area contributed by atoms with Crippen LogP contribution in [0, 0.1) is 5.92 Å². The molecule has 1 rings (SSSR count). The smallest absolute Gasteiger partial charge is 0.326 e. The molecule has 0 aromatic carbocycles. The summed E-state index contributed by atoms with van der Waals surface area (Å²) < 4.78 is 0. The molecule has 0 aliphatic heterocycles. The van der Waals surface area contributed by atoms with E-state index in [2.05, 4.69) is 21.3 Å². The van der Waals surface area contributed by atoms with Gasteiger partial charge in [0.15, 0.2) is 0 Å². The number of hydrogen-bond acceptors (Lipinski definition) is 8. The van der Waals surface area contributed by atoms with Gasteiger partial charge in [-0.05, 0) is 77.0 Å².